The molecule has 3 nitrogen and oxygen atoms in total. The highest BCUT2D eigenvalue weighted by molar-refractivity contribution is 9.11. The minimum Gasteiger partial charge on any atom is -0.469 e. The molecule has 0 fully saturated rings. The van der Waals surface area contributed by atoms with E-state index in [1.807, 2.05) is 5.38 Å². The lowest BCUT2D eigenvalue weighted by molar-refractivity contribution is -0.139. The van der Waals surface area contributed by atoms with Crippen molar-refractivity contribution in [2.24, 2.45) is 0 Å². The zero-order valence-corrected chi connectivity index (χ0v) is 12.7. The number of esters is 1. The van der Waals surface area contributed by atoms with Gasteiger partial charge in [0, 0.05) is 15.8 Å². The standard InChI is InChI=1S/C12H9BrO3S2/c1-16-11(14)5-8-2-3-9(18-8)12(15)7-4-10(13)17-6-7/h2-4,6H,5H2,1H3. The number of carbonyl (C=O) groups is 2. The van der Waals surface area contributed by atoms with Crippen molar-refractivity contribution in [3.63, 3.8) is 0 Å². The molecule has 0 saturated heterocycles. The van der Waals surface area contributed by atoms with E-state index >= 15 is 0 Å². The first kappa shape index (κ1) is 13.5. The molecule has 0 aliphatic heterocycles. The topological polar surface area (TPSA) is 43.4 Å². The van der Waals surface area contributed by atoms with Crippen molar-refractivity contribution in [1.82, 2.24) is 0 Å². The second kappa shape index (κ2) is 5.77. The number of methoxy groups -OCH3 is 1. The highest BCUT2D eigenvalue weighted by Crippen LogP contribution is 2.26. The molecule has 0 amide bonds. The van der Waals surface area contributed by atoms with Gasteiger partial charge in [-0.15, -0.1) is 22.7 Å². The van der Waals surface area contributed by atoms with E-state index in [-0.39, 0.29) is 18.2 Å². The van der Waals surface area contributed by atoms with E-state index in [1.54, 1.807) is 18.2 Å². The van der Waals surface area contributed by atoms with Gasteiger partial charge in [0.2, 0.25) is 5.78 Å². The van der Waals surface area contributed by atoms with Crippen LogP contribution in [-0.2, 0) is 16.0 Å². The quantitative estimate of drug-likeness (QED) is 0.629. The summed E-state index contributed by atoms with van der Waals surface area (Å²) >= 11 is 6.13. The maximum absolute atomic E-state index is 12.1. The molecule has 0 spiro atoms. The summed E-state index contributed by atoms with van der Waals surface area (Å²) in [6.45, 7) is 0. The van der Waals surface area contributed by atoms with Crippen LogP contribution in [0.15, 0.2) is 27.4 Å². The first-order chi connectivity index (χ1) is 8.60. The Morgan fingerprint density at radius 2 is 2.17 bits per heavy atom. The fraction of sp³-hybridized carbons (Fsp3) is 0.167. The van der Waals surface area contributed by atoms with Gasteiger partial charge in [-0.2, -0.15) is 0 Å². The average molecular weight is 345 g/mol. The van der Waals surface area contributed by atoms with Crippen LogP contribution in [0.5, 0.6) is 0 Å². The van der Waals surface area contributed by atoms with Crippen molar-refractivity contribution in [3.8, 4) is 0 Å². The molecule has 2 heterocycles. The van der Waals surface area contributed by atoms with E-state index in [0.29, 0.717) is 10.4 Å². The maximum Gasteiger partial charge on any atom is 0.310 e. The van der Waals surface area contributed by atoms with Crippen LogP contribution in [0.2, 0.25) is 0 Å². The zero-order chi connectivity index (χ0) is 13.1. The summed E-state index contributed by atoms with van der Waals surface area (Å²) < 4.78 is 5.52. The first-order valence-corrected chi connectivity index (χ1v) is 7.53. The summed E-state index contributed by atoms with van der Waals surface area (Å²) in [6, 6.07) is 5.33. The number of ketones is 1. The maximum atomic E-state index is 12.1. The van der Waals surface area contributed by atoms with Crippen LogP contribution in [0, 0.1) is 0 Å². The lowest BCUT2D eigenvalue weighted by Crippen LogP contribution is -2.02. The van der Waals surface area contributed by atoms with Crippen LogP contribution in [0.3, 0.4) is 0 Å². The summed E-state index contributed by atoms with van der Waals surface area (Å²) in [5.74, 6) is -0.313. The van der Waals surface area contributed by atoms with Gasteiger partial charge in [-0.05, 0) is 34.1 Å². The van der Waals surface area contributed by atoms with Crippen LogP contribution >= 0.6 is 38.6 Å². The molecule has 0 radical (unpaired) electrons. The van der Waals surface area contributed by atoms with E-state index in [4.69, 9.17) is 0 Å². The number of thiophene rings is 2. The predicted octanol–water partition coefficient (Wildman–Crippen LogP) is 3.52. The molecule has 0 aliphatic rings. The van der Waals surface area contributed by atoms with Gasteiger partial charge in [-0.25, -0.2) is 0 Å². The molecule has 6 heteroatoms. The zero-order valence-electron chi connectivity index (χ0n) is 9.44. The van der Waals surface area contributed by atoms with Crippen LogP contribution in [-0.4, -0.2) is 18.9 Å². The molecular weight excluding hydrogens is 336 g/mol. The Bertz CT molecular complexity index is 586. The fourth-order valence-electron chi connectivity index (χ4n) is 1.38. The van der Waals surface area contributed by atoms with Gasteiger partial charge in [-0.1, -0.05) is 0 Å². The molecule has 2 aromatic rings. The number of hydrogen-bond acceptors (Lipinski definition) is 5. The van der Waals surface area contributed by atoms with Crippen molar-refractivity contribution in [3.05, 3.63) is 42.7 Å². The van der Waals surface area contributed by atoms with E-state index in [2.05, 4.69) is 20.7 Å². The minimum atomic E-state index is -0.297. The third kappa shape index (κ3) is 3.07. The number of halogens is 1. The number of rotatable bonds is 4. The summed E-state index contributed by atoms with van der Waals surface area (Å²) in [5, 5.41) is 1.81. The average Bonchev–Trinajstić information content (AvgIpc) is 2.97. The van der Waals surface area contributed by atoms with Crippen LogP contribution in [0.25, 0.3) is 0 Å². The fourth-order valence-corrected chi connectivity index (χ4v) is 3.47. The minimum absolute atomic E-state index is 0.0157. The van der Waals surface area contributed by atoms with Gasteiger partial charge in [0.25, 0.3) is 0 Å². The molecule has 2 aromatic heterocycles. The molecule has 0 unspecified atom stereocenters. The molecule has 0 atom stereocenters. The molecule has 2 rings (SSSR count). The molecule has 94 valence electrons. The summed E-state index contributed by atoms with van der Waals surface area (Å²) in [5.41, 5.74) is 0.665. The summed E-state index contributed by atoms with van der Waals surface area (Å²) in [6.07, 6.45) is 0.210. The number of hydrogen-bond donors (Lipinski definition) is 0. The van der Waals surface area contributed by atoms with Gasteiger partial charge >= 0.3 is 5.97 Å². The second-order valence-electron chi connectivity index (χ2n) is 3.49. The Labute approximate surface area is 121 Å². The molecule has 0 saturated carbocycles. The van der Waals surface area contributed by atoms with E-state index in [1.165, 1.54) is 29.8 Å². The number of ether oxygens (including phenoxy) is 1. The van der Waals surface area contributed by atoms with Crippen molar-refractivity contribution in [2.75, 3.05) is 7.11 Å². The van der Waals surface area contributed by atoms with Crippen LogP contribution < -0.4 is 0 Å². The van der Waals surface area contributed by atoms with Gasteiger partial charge in [0.15, 0.2) is 0 Å². The lowest BCUT2D eigenvalue weighted by Gasteiger charge is -1.95. The molecule has 0 aromatic carbocycles. The monoisotopic (exact) mass is 344 g/mol. The Kier molecular flexibility index (Phi) is 4.31. The Balaban J connectivity index is 2.15. The highest BCUT2D eigenvalue weighted by Gasteiger charge is 2.14. The van der Waals surface area contributed by atoms with Crippen molar-refractivity contribution < 1.29 is 14.3 Å². The smallest absolute Gasteiger partial charge is 0.310 e. The Morgan fingerprint density at radius 1 is 1.39 bits per heavy atom. The Morgan fingerprint density at radius 3 is 2.78 bits per heavy atom. The SMILES string of the molecule is COC(=O)Cc1ccc(C(=O)c2csc(Br)c2)s1. The first-order valence-electron chi connectivity index (χ1n) is 5.04. The van der Waals surface area contributed by atoms with E-state index < -0.39 is 0 Å². The summed E-state index contributed by atoms with van der Waals surface area (Å²) in [7, 11) is 1.35. The molecule has 0 bridgehead atoms. The van der Waals surface area contributed by atoms with Gasteiger partial charge < -0.3 is 4.74 Å². The Hall–Kier alpha value is -0.980. The molecule has 0 N–H and O–H groups in total. The predicted molar refractivity (Wildman–Crippen MR) is 75.5 cm³/mol. The van der Waals surface area contributed by atoms with Crippen molar-refractivity contribution in [2.45, 2.75) is 6.42 Å². The highest BCUT2D eigenvalue weighted by atomic mass is 79.9. The van der Waals surface area contributed by atoms with Crippen molar-refractivity contribution in [1.29, 1.82) is 0 Å². The largest absolute Gasteiger partial charge is 0.469 e. The van der Waals surface area contributed by atoms with Gasteiger partial charge in [-0.3, -0.25) is 9.59 Å². The molecule has 0 aliphatic carbocycles. The van der Waals surface area contributed by atoms with Crippen LogP contribution in [0.4, 0.5) is 0 Å². The third-order valence-corrected chi connectivity index (χ3v) is 4.85. The summed E-state index contributed by atoms with van der Waals surface area (Å²) in [4.78, 5) is 24.7. The van der Waals surface area contributed by atoms with Crippen molar-refractivity contribution >= 4 is 50.4 Å². The normalized spacial score (nSPS) is 10.3. The van der Waals surface area contributed by atoms with Crippen LogP contribution in [0.1, 0.15) is 20.1 Å². The van der Waals surface area contributed by atoms with Gasteiger partial charge in [0.05, 0.1) is 22.2 Å². The lowest BCUT2D eigenvalue weighted by atomic mass is 10.2. The second-order valence-corrected chi connectivity index (χ2v) is 6.95. The van der Waals surface area contributed by atoms with E-state index in [9.17, 15) is 9.59 Å². The molecular formula is C12H9BrO3S2. The van der Waals surface area contributed by atoms with E-state index in [0.717, 1.165) is 8.66 Å². The molecule has 18 heavy (non-hydrogen) atoms. The third-order valence-electron chi connectivity index (χ3n) is 2.26. The van der Waals surface area contributed by atoms with Gasteiger partial charge in [0.1, 0.15) is 0 Å². The number of carbonyl (C=O) groups excluding carboxylic acids is 2.